The van der Waals surface area contributed by atoms with E-state index in [1.54, 1.807) is 24.3 Å². The van der Waals surface area contributed by atoms with Gasteiger partial charge >= 0.3 is 58.4 Å². The van der Waals surface area contributed by atoms with Gasteiger partial charge in [-0.15, -0.1) is 0 Å². The fourth-order valence-corrected chi connectivity index (χ4v) is 1.95. The van der Waals surface area contributed by atoms with Gasteiger partial charge in [-0.1, -0.05) is 42.7 Å². The molecule has 2 aromatic rings. The molecule has 0 aliphatic rings. The fourth-order valence-electron chi connectivity index (χ4n) is 1.95. The Hall–Kier alpha value is -0.00870. The van der Waals surface area contributed by atoms with Crippen LogP contribution in [-0.4, -0.2) is 13.6 Å². The first-order valence-electron chi connectivity index (χ1n) is 5.88. The van der Waals surface area contributed by atoms with Gasteiger partial charge in [-0.25, -0.2) is 0 Å². The standard InChI is InChI=1S/C13H13BF3O.K/c1-2-9-18-12-8-7-10-5-3-4-6-11(10)13(12)14(15,16)17;/h3-8H,2,9H2,1H3;/q-1;+1. The molecule has 2 rings (SSSR count). The van der Waals surface area contributed by atoms with Gasteiger partial charge in [0.15, 0.2) is 0 Å². The predicted molar refractivity (Wildman–Crippen MR) is 68.4 cm³/mol. The second kappa shape index (κ2) is 7.13. The van der Waals surface area contributed by atoms with Gasteiger partial charge in [-0.2, -0.15) is 0 Å². The molecular weight excluding hydrogens is 279 g/mol. The van der Waals surface area contributed by atoms with Crippen molar-refractivity contribution in [1.29, 1.82) is 0 Å². The minimum absolute atomic E-state index is 0. The van der Waals surface area contributed by atoms with Crippen LogP contribution in [0.4, 0.5) is 12.9 Å². The van der Waals surface area contributed by atoms with Gasteiger partial charge in [-0.05, 0) is 23.3 Å². The molecule has 0 radical (unpaired) electrons. The largest absolute Gasteiger partial charge is 1.00 e. The molecule has 0 unspecified atom stereocenters. The monoisotopic (exact) mass is 292 g/mol. The molecule has 0 amide bonds. The number of ether oxygens (including phenoxy) is 1. The van der Waals surface area contributed by atoms with Crippen molar-refractivity contribution in [3.63, 3.8) is 0 Å². The minimum atomic E-state index is -5.09. The van der Waals surface area contributed by atoms with Gasteiger partial charge in [0, 0.05) is 0 Å². The van der Waals surface area contributed by atoms with Gasteiger partial charge in [0.1, 0.15) is 0 Å². The van der Waals surface area contributed by atoms with Crippen LogP contribution in [-0.2, 0) is 0 Å². The van der Waals surface area contributed by atoms with Crippen molar-refractivity contribution in [2.45, 2.75) is 13.3 Å². The van der Waals surface area contributed by atoms with Crippen molar-refractivity contribution in [3.8, 4) is 5.75 Å². The second-order valence-corrected chi connectivity index (χ2v) is 4.12. The molecule has 0 atom stereocenters. The van der Waals surface area contributed by atoms with Crippen LogP contribution >= 0.6 is 0 Å². The summed E-state index contributed by atoms with van der Waals surface area (Å²) in [5.74, 6) is -0.0666. The molecule has 0 bridgehead atoms. The summed E-state index contributed by atoms with van der Waals surface area (Å²) in [4.78, 5) is 0. The third-order valence-electron chi connectivity index (χ3n) is 2.72. The zero-order valence-electron chi connectivity index (χ0n) is 11.0. The van der Waals surface area contributed by atoms with Crippen LogP contribution < -0.4 is 61.6 Å². The number of rotatable bonds is 4. The molecule has 1 nitrogen and oxygen atoms in total. The summed E-state index contributed by atoms with van der Waals surface area (Å²) in [6.45, 7) is -2.94. The number of fused-ring (bicyclic) bond motifs is 1. The van der Waals surface area contributed by atoms with Gasteiger partial charge in [0.25, 0.3) is 0 Å². The van der Waals surface area contributed by atoms with Crippen LogP contribution in [0.25, 0.3) is 10.8 Å². The van der Waals surface area contributed by atoms with E-state index in [-0.39, 0.29) is 69.1 Å². The molecule has 0 aliphatic carbocycles. The number of benzene rings is 2. The van der Waals surface area contributed by atoms with E-state index in [2.05, 4.69) is 0 Å². The number of halogens is 3. The Morgan fingerprint density at radius 2 is 1.74 bits per heavy atom. The van der Waals surface area contributed by atoms with Crippen molar-refractivity contribution in [3.05, 3.63) is 36.4 Å². The van der Waals surface area contributed by atoms with Crippen molar-refractivity contribution >= 4 is 23.2 Å². The van der Waals surface area contributed by atoms with Gasteiger partial charge in [0.05, 0.1) is 12.4 Å². The van der Waals surface area contributed by atoms with E-state index in [9.17, 15) is 12.9 Å². The van der Waals surface area contributed by atoms with Gasteiger partial charge < -0.3 is 17.7 Å². The van der Waals surface area contributed by atoms with Crippen LogP contribution in [0, 0.1) is 0 Å². The van der Waals surface area contributed by atoms with Crippen molar-refractivity contribution in [2.75, 3.05) is 6.61 Å². The van der Waals surface area contributed by atoms with E-state index >= 15 is 0 Å². The number of hydrogen-bond acceptors (Lipinski definition) is 1. The first-order chi connectivity index (χ1) is 8.54. The molecule has 19 heavy (non-hydrogen) atoms. The third kappa shape index (κ3) is 3.98. The average molecular weight is 292 g/mol. The Morgan fingerprint density at radius 1 is 1.05 bits per heavy atom. The van der Waals surface area contributed by atoms with Crippen LogP contribution in [0.2, 0.25) is 0 Å². The quantitative estimate of drug-likeness (QED) is 0.753. The zero-order chi connectivity index (χ0) is 13.2. The zero-order valence-corrected chi connectivity index (χ0v) is 14.1. The first kappa shape index (κ1) is 17.0. The molecule has 6 heteroatoms. The van der Waals surface area contributed by atoms with Crippen molar-refractivity contribution < 1.29 is 69.1 Å². The Labute approximate surface area is 153 Å². The fraction of sp³-hybridized carbons (Fsp3) is 0.231. The average Bonchev–Trinajstić information content (AvgIpc) is 2.34. The Balaban J connectivity index is 0.00000180. The summed E-state index contributed by atoms with van der Waals surface area (Å²) >= 11 is 0. The SMILES string of the molecule is CCCOc1ccc2ccccc2c1[B-](F)(F)F.[K+]. The Morgan fingerprint density at radius 3 is 2.37 bits per heavy atom. The van der Waals surface area contributed by atoms with Crippen LogP contribution in [0.3, 0.4) is 0 Å². The molecule has 0 saturated carbocycles. The van der Waals surface area contributed by atoms with Gasteiger partial charge in [-0.3, -0.25) is 0 Å². The third-order valence-corrected chi connectivity index (χ3v) is 2.72. The summed E-state index contributed by atoms with van der Waals surface area (Å²) in [7, 11) is 0. The first-order valence-corrected chi connectivity index (χ1v) is 5.88. The molecule has 0 N–H and O–H groups in total. The molecule has 0 aromatic heterocycles. The van der Waals surface area contributed by atoms with Crippen LogP contribution in [0.5, 0.6) is 5.75 Å². The van der Waals surface area contributed by atoms with E-state index in [1.807, 2.05) is 6.92 Å². The summed E-state index contributed by atoms with van der Waals surface area (Å²) in [6, 6.07) is 9.55. The Kier molecular flexibility index (Phi) is 6.40. The number of hydrogen-bond donors (Lipinski definition) is 0. The smallest absolute Gasteiger partial charge is 0.497 e. The predicted octanol–water partition coefficient (Wildman–Crippen LogP) is 0.687. The van der Waals surface area contributed by atoms with Gasteiger partial charge in [0.2, 0.25) is 0 Å². The van der Waals surface area contributed by atoms with Crippen molar-refractivity contribution in [2.24, 2.45) is 0 Å². The summed E-state index contributed by atoms with van der Waals surface area (Å²) in [6.07, 6.45) is 0.678. The molecular formula is C13H13BF3KO. The maximum atomic E-state index is 13.2. The molecule has 0 saturated heterocycles. The van der Waals surface area contributed by atoms with Crippen molar-refractivity contribution in [1.82, 2.24) is 0 Å². The van der Waals surface area contributed by atoms with E-state index < -0.39 is 12.4 Å². The normalized spacial score (nSPS) is 11.2. The van der Waals surface area contributed by atoms with E-state index in [0.717, 1.165) is 0 Å². The topological polar surface area (TPSA) is 9.23 Å². The van der Waals surface area contributed by atoms with E-state index in [4.69, 9.17) is 4.74 Å². The molecule has 0 fully saturated rings. The van der Waals surface area contributed by atoms with Crippen LogP contribution in [0.1, 0.15) is 13.3 Å². The molecule has 0 heterocycles. The maximum absolute atomic E-state index is 13.2. The Bertz CT molecular complexity index is 557. The molecule has 96 valence electrons. The maximum Gasteiger partial charge on any atom is 1.00 e. The minimum Gasteiger partial charge on any atom is -0.497 e. The molecule has 0 aliphatic heterocycles. The van der Waals surface area contributed by atoms with E-state index in [0.29, 0.717) is 11.8 Å². The van der Waals surface area contributed by atoms with E-state index in [1.165, 1.54) is 12.1 Å². The van der Waals surface area contributed by atoms with Crippen LogP contribution in [0.15, 0.2) is 36.4 Å². The molecule has 0 spiro atoms. The summed E-state index contributed by atoms with van der Waals surface area (Å²) in [5, 5.41) is 0.786. The summed E-state index contributed by atoms with van der Waals surface area (Å²) < 4.78 is 44.8. The summed E-state index contributed by atoms with van der Waals surface area (Å²) in [5.41, 5.74) is -0.624. The molecule has 2 aromatic carbocycles. The second-order valence-electron chi connectivity index (χ2n) is 4.12.